The fourth-order valence-electron chi connectivity index (χ4n) is 2.11. The summed E-state index contributed by atoms with van der Waals surface area (Å²) in [6.45, 7) is 4.50. The van der Waals surface area contributed by atoms with Gasteiger partial charge in [-0.2, -0.15) is 5.26 Å². The van der Waals surface area contributed by atoms with Gasteiger partial charge in [-0.15, -0.1) is 0 Å². The molecule has 1 aliphatic rings. The van der Waals surface area contributed by atoms with Gasteiger partial charge in [0.05, 0.1) is 17.7 Å². The standard InChI is InChI=1S/C13H15ClN4O/c1-10(9-15)17-5-7-18(8-6-17)13(19)11-3-2-4-16-12(11)14/h2-4,10H,5-8H2,1H3. The summed E-state index contributed by atoms with van der Waals surface area (Å²) in [5, 5.41) is 9.11. The number of rotatable bonds is 2. The zero-order chi connectivity index (χ0) is 13.8. The molecule has 1 aromatic rings. The minimum atomic E-state index is -0.112. The van der Waals surface area contributed by atoms with Crippen molar-refractivity contribution >= 4 is 17.5 Å². The van der Waals surface area contributed by atoms with Crippen LogP contribution in [0.3, 0.4) is 0 Å². The molecule has 1 unspecified atom stereocenters. The van der Waals surface area contributed by atoms with Crippen LogP contribution < -0.4 is 0 Å². The maximum Gasteiger partial charge on any atom is 0.257 e. The predicted molar refractivity (Wildman–Crippen MR) is 71.8 cm³/mol. The second kappa shape index (κ2) is 6.00. The number of pyridine rings is 1. The highest BCUT2D eigenvalue weighted by atomic mass is 35.5. The van der Waals surface area contributed by atoms with Gasteiger partial charge in [-0.25, -0.2) is 4.98 Å². The van der Waals surface area contributed by atoms with Crippen molar-refractivity contribution in [3.63, 3.8) is 0 Å². The molecule has 0 bridgehead atoms. The van der Waals surface area contributed by atoms with E-state index >= 15 is 0 Å². The molecule has 2 rings (SSSR count). The van der Waals surface area contributed by atoms with Gasteiger partial charge in [-0.05, 0) is 19.1 Å². The third-order valence-electron chi connectivity index (χ3n) is 3.33. The van der Waals surface area contributed by atoms with Crippen LogP contribution in [0.2, 0.25) is 5.15 Å². The van der Waals surface area contributed by atoms with Crippen molar-refractivity contribution in [3.8, 4) is 6.07 Å². The molecular weight excluding hydrogens is 264 g/mol. The van der Waals surface area contributed by atoms with Crippen molar-refractivity contribution in [1.82, 2.24) is 14.8 Å². The third-order valence-corrected chi connectivity index (χ3v) is 3.63. The second-order valence-electron chi connectivity index (χ2n) is 4.48. The summed E-state index contributed by atoms with van der Waals surface area (Å²) in [5.74, 6) is -0.0950. The minimum Gasteiger partial charge on any atom is -0.336 e. The Kier molecular flexibility index (Phi) is 4.35. The Labute approximate surface area is 117 Å². The number of carbonyl (C=O) groups is 1. The summed E-state index contributed by atoms with van der Waals surface area (Å²) in [6.07, 6.45) is 1.56. The predicted octanol–water partition coefficient (Wildman–Crippen LogP) is 1.40. The van der Waals surface area contributed by atoms with Crippen LogP contribution in [0.1, 0.15) is 17.3 Å². The van der Waals surface area contributed by atoms with E-state index in [1.807, 2.05) is 6.92 Å². The summed E-state index contributed by atoms with van der Waals surface area (Å²) < 4.78 is 0. The average Bonchev–Trinajstić information content (AvgIpc) is 2.46. The van der Waals surface area contributed by atoms with E-state index < -0.39 is 0 Å². The summed E-state index contributed by atoms with van der Waals surface area (Å²) in [6, 6.07) is 5.48. The average molecular weight is 279 g/mol. The molecule has 0 aromatic carbocycles. The number of halogens is 1. The molecule has 0 spiro atoms. The fourth-order valence-corrected chi connectivity index (χ4v) is 2.31. The van der Waals surface area contributed by atoms with E-state index in [9.17, 15) is 4.79 Å². The zero-order valence-electron chi connectivity index (χ0n) is 10.7. The van der Waals surface area contributed by atoms with Gasteiger partial charge >= 0.3 is 0 Å². The van der Waals surface area contributed by atoms with Crippen LogP contribution >= 0.6 is 11.6 Å². The molecule has 0 N–H and O–H groups in total. The highest BCUT2D eigenvalue weighted by molar-refractivity contribution is 6.32. The van der Waals surface area contributed by atoms with E-state index in [-0.39, 0.29) is 17.1 Å². The van der Waals surface area contributed by atoms with Gasteiger partial charge in [0.15, 0.2) is 0 Å². The van der Waals surface area contributed by atoms with Crippen LogP contribution in [0.4, 0.5) is 0 Å². The van der Waals surface area contributed by atoms with E-state index in [0.717, 1.165) is 0 Å². The summed E-state index contributed by atoms with van der Waals surface area (Å²) in [5.41, 5.74) is 0.436. The first-order chi connectivity index (χ1) is 9.13. The highest BCUT2D eigenvalue weighted by Crippen LogP contribution is 2.16. The first kappa shape index (κ1) is 13.8. The SMILES string of the molecule is CC(C#N)N1CCN(C(=O)c2cccnc2Cl)CC1. The van der Waals surface area contributed by atoms with E-state index in [0.29, 0.717) is 31.7 Å². The topological polar surface area (TPSA) is 60.2 Å². The van der Waals surface area contributed by atoms with Crippen LogP contribution in [0, 0.1) is 11.3 Å². The van der Waals surface area contributed by atoms with Crippen molar-refractivity contribution in [2.24, 2.45) is 0 Å². The number of aromatic nitrogens is 1. The maximum absolute atomic E-state index is 12.3. The van der Waals surface area contributed by atoms with Crippen molar-refractivity contribution in [3.05, 3.63) is 29.0 Å². The van der Waals surface area contributed by atoms with E-state index in [1.165, 1.54) is 0 Å². The molecule has 19 heavy (non-hydrogen) atoms. The highest BCUT2D eigenvalue weighted by Gasteiger charge is 2.25. The van der Waals surface area contributed by atoms with Crippen LogP contribution in [-0.4, -0.2) is 52.9 Å². The molecule has 100 valence electrons. The van der Waals surface area contributed by atoms with E-state index in [2.05, 4.69) is 16.0 Å². The van der Waals surface area contributed by atoms with Gasteiger partial charge in [0.2, 0.25) is 0 Å². The largest absolute Gasteiger partial charge is 0.336 e. The molecule has 2 heterocycles. The number of hydrogen-bond acceptors (Lipinski definition) is 4. The normalized spacial score (nSPS) is 17.8. The van der Waals surface area contributed by atoms with Crippen molar-refractivity contribution in [1.29, 1.82) is 5.26 Å². The second-order valence-corrected chi connectivity index (χ2v) is 4.83. The number of amides is 1. The van der Waals surface area contributed by atoms with Gasteiger partial charge in [0.25, 0.3) is 5.91 Å². The molecule has 1 saturated heterocycles. The fraction of sp³-hybridized carbons (Fsp3) is 0.462. The Bertz CT molecular complexity index is 506. The molecular formula is C13H15ClN4O. The molecule has 0 saturated carbocycles. The molecule has 1 aliphatic heterocycles. The monoisotopic (exact) mass is 278 g/mol. The van der Waals surface area contributed by atoms with Crippen molar-refractivity contribution < 1.29 is 4.79 Å². The lowest BCUT2D eigenvalue weighted by Gasteiger charge is -2.35. The third kappa shape index (κ3) is 3.03. The smallest absolute Gasteiger partial charge is 0.257 e. The summed E-state index contributed by atoms with van der Waals surface area (Å²) in [4.78, 5) is 20.0. The molecule has 1 atom stereocenters. The quantitative estimate of drug-likeness (QED) is 0.768. The molecule has 0 radical (unpaired) electrons. The van der Waals surface area contributed by atoms with Crippen LogP contribution in [-0.2, 0) is 0 Å². The van der Waals surface area contributed by atoms with Gasteiger partial charge in [-0.3, -0.25) is 9.69 Å². The Morgan fingerprint density at radius 1 is 1.47 bits per heavy atom. The van der Waals surface area contributed by atoms with E-state index in [1.54, 1.807) is 23.2 Å². The Hall–Kier alpha value is -1.64. The molecule has 6 heteroatoms. The number of piperazine rings is 1. The lowest BCUT2D eigenvalue weighted by molar-refractivity contribution is 0.0615. The van der Waals surface area contributed by atoms with Crippen LogP contribution in [0.5, 0.6) is 0 Å². The van der Waals surface area contributed by atoms with Gasteiger partial charge in [0.1, 0.15) is 5.15 Å². The van der Waals surface area contributed by atoms with Crippen LogP contribution in [0.15, 0.2) is 18.3 Å². The zero-order valence-corrected chi connectivity index (χ0v) is 11.5. The summed E-state index contributed by atoms with van der Waals surface area (Å²) >= 11 is 5.93. The molecule has 0 aliphatic carbocycles. The number of hydrogen-bond donors (Lipinski definition) is 0. The first-order valence-electron chi connectivity index (χ1n) is 6.17. The first-order valence-corrected chi connectivity index (χ1v) is 6.54. The van der Waals surface area contributed by atoms with Crippen LogP contribution in [0.25, 0.3) is 0 Å². The Morgan fingerprint density at radius 2 is 2.16 bits per heavy atom. The molecule has 1 fully saturated rings. The van der Waals surface area contributed by atoms with Gasteiger partial charge < -0.3 is 4.90 Å². The Balaban J connectivity index is 2.01. The lowest BCUT2D eigenvalue weighted by Crippen LogP contribution is -2.51. The summed E-state index contributed by atoms with van der Waals surface area (Å²) in [7, 11) is 0. The number of nitrogens with zero attached hydrogens (tertiary/aromatic N) is 4. The van der Waals surface area contributed by atoms with Gasteiger partial charge in [-0.1, -0.05) is 11.6 Å². The number of carbonyl (C=O) groups excluding carboxylic acids is 1. The maximum atomic E-state index is 12.3. The van der Waals surface area contributed by atoms with Gasteiger partial charge in [0, 0.05) is 32.4 Å². The van der Waals surface area contributed by atoms with Crippen molar-refractivity contribution in [2.75, 3.05) is 26.2 Å². The minimum absolute atomic E-state index is 0.0950. The molecule has 1 amide bonds. The van der Waals surface area contributed by atoms with E-state index in [4.69, 9.17) is 16.9 Å². The lowest BCUT2D eigenvalue weighted by atomic mass is 10.2. The Morgan fingerprint density at radius 3 is 2.74 bits per heavy atom. The molecule has 1 aromatic heterocycles. The van der Waals surface area contributed by atoms with Crippen molar-refractivity contribution in [2.45, 2.75) is 13.0 Å². The molecule has 5 nitrogen and oxygen atoms in total. The number of nitriles is 1.